The Kier molecular flexibility index (Phi) is 3.80. The number of ether oxygens (including phenoxy) is 1. The maximum Gasteiger partial charge on any atom is 0.416 e. The summed E-state index contributed by atoms with van der Waals surface area (Å²) in [5, 5.41) is 3.05. The molecule has 18 heavy (non-hydrogen) atoms. The smallest absolute Gasteiger partial charge is 0.385 e. The van der Waals surface area contributed by atoms with Crippen LogP contribution in [0.15, 0.2) is 18.2 Å². The zero-order valence-electron chi connectivity index (χ0n) is 10.2. The lowest BCUT2D eigenvalue weighted by Gasteiger charge is -2.15. The number of alkyl halides is 3. The van der Waals surface area contributed by atoms with Crippen LogP contribution in [0.5, 0.6) is 0 Å². The van der Waals surface area contributed by atoms with Crippen LogP contribution in [0, 0.1) is 12.8 Å². The summed E-state index contributed by atoms with van der Waals surface area (Å²) >= 11 is 0. The van der Waals surface area contributed by atoms with Gasteiger partial charge in [-0.05, 0) is 31.0 Å². The van der Waals surface area contributed by atoms with E-state index in [9.17, 15) is 13.2 Å². The van der Waals surface area contributed by atoms with Gasteiger partial charge >= 0.3 is 6.18 Å². The number of hydrogen-bond acceptors (Lipinski definition) is 2. The van der Waals surface area contributed by atoms with E-state index in [0.29, 0.717) is 24.8 Å². The first kappa shape index (κ1) is 13.2. The second-order valence-electron chi connectivity index (χ2n) is 4.64. The Bertz CT molecular complexity index is 411. The van der Waals surface area contributed by atoms with E-state index < -0.39 is 11.7 Å². The topological polar surface area (TPSA) is 21.3 Å². The summed E-state index contributed by atoms with van der Waals surface area (Å²) in [6.07, 6.45) is -3.33. The zero-order valence-corrected chi connectivity index (χ0v) is 10.2. The van der Waals surface area contributed by atoms with Crippen molar-refractivity contribution in [2.24, 2.45) is 5.92 Å². The first-order valence-electron chi connectivity index (χ1n) is 5.96. The van der Waals surface area contributed by atoms with Gasteiger partial charge in [0.05, 0.1) is 12.2 Å². The van der Waals surface area contributed by atoms with Gasteiger partial charge in [0.15, 0.2) is 0 Å². The molecule has 1 heterocycles. The van der Waals surface area contributed by atoms with Gasteiger partial charge in [0, 0.05) is 24.8 Å². The van der Waals surface area contributed by atoms with E-state index in [1.807, 2.05) is 0 Å². The van der Waals surface area contributed by atoms with E-state index in [1.54, 1.807) is 6.07 Å². The van der Waals surface area contributed by atoms with Gasteiger partial charge in [-0.2, -0.15) is 13.2 Å². The molecule has 100 valence electrons. The number of benzene rings is 1. The third kappa shape index (κ3) is 3.16. The monoisotopic (exact) mass is 259 g/mol. The van der Waals surface area contributed by atoms with Crippen molar-refractivity contribution in [3.05, 3.63) is 29.3 Å². The van der Waals surface area contributed by atoms with Crippen LogP contribution in [0.4, 0.5) is 18.9 Å². The number of anilines is 1. The van der Waals surface area contributed by atoms with E-state index >= 15 is 0 Å². The molecule has 1 aliphatic heterocycles. The molecule has 1 saturated heterocycles. The molecule has 1 aromatic carbocycles. The summed E-state index contributed by atoms with van der Waals surface area (Å²) in [6, 6.07) is 4.35. The summed E-state index contributed by atoms with van der Waals surface area (Å²) in [4.78, 5) is 0. The fourth-order valence-electron chi connectivity index (χ4n) is 2.04. The lowest BCUT2D eigenvalue weighted by atomic mass is 10.1. The predicted octanol–water partition coefficient (Wildman–Crippen LogP) is 3.46. The largest absolute Gasteiger partial charge is 0.416 e. The van der Waals surface area contributed by atoms with Crippen molar-refractivity contribution in [1.82, 2.24) is 0 Å². The van der Waals surface area contributed by atoms with E-state index in [4.69, 9.17) is 4.74 Å². The van der Waals surface area contributed by atoms with Gasteiger partial charge in [-0.15, -0.1) is 0 Å². The van der Waals surface area contributed by atoms with Gasteiger partial charge in [0.25, 0.3) is 0 Å². The van der Waals surface area contributed by atoms with Crippen molar-refractivity contribution in [2.75, 3.05) is 25.1 Å². The summed E-state index contributed by atoms with van der Waals surface area (Å²) in [5.41, 5.74) is 0.187. The molecule has 0 saturated carbocycles. The van der Waals surface area contributed by atoms with Crippen LogP contribution >= 0.6 is 0 Å². The van der Waals surface area contributed by atoms with E-state index in [0.717, 1.165) is 13.0 Å². The van der Waals surface area contributed by atoms with Crippen molar-refractivity contribution >= 4 is 5.69 Å². The summed E-state index contributed by atoms with van der Waals surface area (Å²) in [7, 11) is 0. The molecule has 1 aromatic rings. The molecule has 0 bridgehead atoms. The van der Waals surface area contributed by atoms with E-state index in [2.05, 4.69) is 5.32 Å². The van der Waals surface area contributed by atoms with Gasteiger partial charge < -0.3 is 10.1 Å². The molecule has 0 radical (unpaired) electrons. The molecule has 2 rings (SSSR count). The molecule has 0 amide bonds. The fourth-order valence-corrected chi connectivity index (χ4v) is 2.04. The molecule has 1 aliphatic rings. The van der Waals surface area contributed by atoms with Crippen molar-refractivity contribution in [3.63, 3.8) is 0 Å². The van der Waals surface area contributed by atoms with Crippen LogP contribution in [0.25, 0.3) is 0 Å². The van der Waals surface area contributed by atoms with Crippen LogP contribution < -0.4 is 5.32 Å². The Morgan fingerprint density at radius 2 is 2.17 bits per heavy atom. The molecule has 1 atom stereocenters. The standard InChI is InChI=1S/C13H16F3NO/c1-9-2-3-11(6-12(9)13(14,15)16)17-7-10-4-5-18-8-10/h2-3,6,10,17H,4-5,7-8H2,1H3. The highest BCUT2D eigenvalue weighted by Crippen LogP contribution is 2.33. The third-order valence-corrected chi connectivity index (χ3v) is 3.16. The minimum absolute atomic E-state index is 0.247. The van der Waals surface area contributed by atoms with Crippen molar-refractivity contribution in [3.8, 4) is 0 Å². The third-order valence-electron chi connectivity index (χ3n) is 3.16. The van der Waals surface area contributed by atoms with Crippen molar-refractivity contribution in [2.45, 2.75) is 19.5 Å². The maximum absolute atomic E-state index is 12.7. The predicted molar refractivity (Wildman–Crippen MR) is 63.6 cm³/mol. The Morgan fingerprint density at radius 1 is 1.39 bits per heavy atom. The second kappa shape index (κ2) is 5.18. The minimum atomic E-state index is -4.29. The zero-order chi connectivity index (χ0) is 13.2. The number of nitrogens with one attached hydrogen (secondary N) is 1. The molecular weight excluding hydrogens is 243 g/mol. The molecule has 0 aliphatic carbocycles. The van der Waals surface area contributed by atoms with Gasteiger partial charge in [0.2, 0.25) is 0 Å². The highest BCUT2D eigenvalue weighted by molar-refractivity contribution is 5.49. The first-order valence-corrected chi connectivity index (χ1v) is 5.96. The van der Waals surface area contributed by atoms with Crippen LogP contribution in [0.3, 0.4) is 0 Å². The Balaban J connectivity index is 2.04. The lowest BCUT2D eigenvalue weighted by molar-refractivity contribution is -0.138. The molecule has 2 nitrogen and oxygen atoms in total. The van der Waals surface area contributed by atoms with Crippen molar-refractivity contribution in [1.29, 1.82) is 0 Å². The van der Waals surface area contributed by atoms with E-state index in [-0.39, 0.29) is 5.56 Å². The highest BCUT2D eigenvalue weighted by Gasteiger charge is 2.32. The molecule has 1 fully saturated rings. The van der Waals surface area contributed by atoms with Gasteiger partial charge in [-0.1, -0.05) is 6.07 Å². The molecule has 0 aromatic heterocycles. The SMILES string of the molecule is Cc1ccc(NCC2CCOC2)cc1C(F)(F)F. The molecular formula is C13H16F3NO. The fraction of sp³-hybridized carbons (Fsp3) is 0.538. The molecule has 0 spiro atoms. The van der Waals surface area contributed by atoms with Crippen LogP contribution in [-0.4, -0.2) is 19.8 Å². The van der Waals surface area contributed by atoms with Gasteiger partial charge in [-0.3, -0.25) is 0 Å². The average molecular weight is 259 g/mol. The first-order chi connectivity index (χ1) is 8.47. The number of hydrogen-bond donors (Lipinski definition) is 1. The number of rotatable bonds is 3. The normalized spacial score (nSPS) is 20.1. The molecule has 1 unspecified atom stereocenters. The minimum Gasteiger partial charge on any atom is -0.385 e. The van der Waals surface area contributed by atoms with E-state index in [1.165, 1.54) is 19.1 Å². The Morgan fingerprint density at radius 3 is 2.78 bits per heavy atom. The second-order valence-corrected chi connectivity index (χ2v) is 4.64. The Labute approximate surface area is 104 Å². The van der Waals surface area contributed by atoms with Crippen molar-refractivity contribution < 1.29 is 17.9 Å². The van der Waals surface area contributed by atoms with Gasteiger partial charge in [0.1, 0.15) is 0 Å². The van der Waals surface area contributed by atoms with Crippen LogP contribution in [0.2, 0.25) is 0 Å². The molecule has 5 heteroatoms. The maximum atomic E-state index is 12.7. The average Bonchev–Trinajstić information content (AvgIpc) is 2.79. The number of aryl methyl sites for hydroxylation is 1. The summed E-state index contributed by atoms with van der Waals surface area (Å²) in [6.45, 7) is 3.55. The lowest BCUT2D eigenvalue weighted by Crippen LogP contribution is -2.15. The van der Waals surface area contributed by atoms with Gasteiger partial charge in [-0.25, -0.2) is 0 Å². The number of halogens is 3. The highest BCUT2D eigenvalue weighted by atomic mass is 19.4. The molecule has 1 N–H and O–H groups in total. The summed E-state index contributed by atoms with van der Waals surface area (Å²) in [5.74, 6) is 0.389. The summed E-state index contributed by atoms with van der Waals surface area (Å²) < 4.78 is 43.4. The quantitative estimate of drug-likeness (QED) is 0.897. The van der Waals surface area contributed by atoms with Crippen LogP contribution in [0.1, 0.15) is 17.5 Å². The van der Waals surface area contributed by atoms with Crippen LogP contribution in [-0.2, 0) is 10.9 Å². The Hall–Kier alpha value is -1.23.